The van der Waals surface area contributed by atoms with Gasteiger partial charge in [-0.3, -0.25) is 0 Å². The van der Waals surface area contributed by atoms with Crippen LogP contribution in [0, 0.1) is 6.92 Å². The van der Waals surface area contributed by atoms with Crippen molar-refractivity contribution in [2.75, 3.05) is 0 Å². The number of aryl methyl sites for hydroxylation is 2. The molecule has 2 heterocycles. The third kappa shape index (κ3) is 2.86. The maximum absolute atomic E-state index is 5.91. The van der Waals surface area contributed by atoms with E-state index in [2.05, 4.69) is 23.1 Å². The summed E-state index contributed by atoms with van der Waals surface area (Å²) < 4.78 is 1.80. The molecule has 0 amide bonds. The topological polar surface area (TPSA) is 30.7 Å². The van der Waals surface area contributed by atoms with Gasteiger partial charge in [-0.1, -0.05) is 13.3 Å². The van der Waals surface area contributed by atoms with Crippen LogP contribution in [0.25, 0.3) is 5.82 Å². The molecule has 0 spiro atoms. The van der Waals surface area contributed by atoms with Gasteiger partial charge in [0.1, 0.15) is 0 Å². The zero-order valence-corrected chi connectivity index (χ0v) is 10.9. The molecule has 0 aliphatic heterocycles. The van der Waals surface area contributed by atoms with Crippen LogP contribution < -0.4 is 0 Å². The predicted molar refractivity (Wildman–Crippen MR) is 69.6 cm³/mol. The van der Waals surface area contributed by atoms with Crippen LogP contribution in [0.2, 0.25) is 0 Å². The minimum absolute atomic E-state index is 0.506. The van der Waals surface area contributed by atoms with Gasteiger partial charge in [0.25, 0.3) is 0 Å². The summed E-state index contributed by atoms with van der Waals surface area (Å²) >= 11 is 5.91. The molecule has 0 saturated carbocycles. The molecule has 17 heavy (non-hydrogen) atoms. The molecule has 0 bridgehead atoms. The van der Waals surface area contributed by atoms with E-state index in [1.165, 1.54) is 0 Å². The van der Waals surface area contributed by atoms with Gasteiger partial charge >= 0.3 is 0 Å². The van der Waals surface area contributed by atoms with Crippen molar-refractivity contribution in [1.82, 2.24) is 14.8 Å². The normalized spacial score (nSPS) is 10.8. The van der Waals surface area contributed by atoms with E-state index in [4.69, 9.17) is 11.6 Å². The average Bonchev–Trinajstić information content (AvgIpc) is 2.76. The molecule has 0 N–H and O–H groups in total. The molecule has 0 atom stereocenters. The Balaban J connectivity index is 2.42. The van der Waals surface area contributed by atoms with E-state index in [1.807, 2.05) is 25.3 Å². The van der Waals surface area contributed by atoms with Crippen LogP contribution in [0.3, 0.4) is 0 Å². The van der Waals surface area contributed by atoms with Gasteiger partial charge in [0.15, 0.2) is 5.82 Å². The zero-order chi connectivity index (χ0) is 12.3. The molecule has 2 aromatic rings. The smallest absolute Gasteiger partial charge is 0.153 e. The van der Waals surface area contributed by atoms with Crippen molar-refractivity contribution in [2.45, 2.75) is 32.6 Å². The van der Waals surface area contributed by atoms with Crippen molar-refractivity contribution in [1.29, 1.82) is 0 Å². The van der Waals surface area contributed by atoms with Gasteiger partial charge < -0.3 is 0 Å². The molecule has 2 rings (SSSR count). The van der Waals surface area contributed by atoms with Crippen molar-refractivity contribution in [3.63, 3.8) is 0 Å². The van der Waals surface area contributed by atoms with Crippen molar-refractivity contribution in [3.05, 3.63) is 41.3 Å². The summed E-state index contributed by atoms with van der Waals surface area (Å²) in [5, 5.41) is 4.37. The van der Waals surface area contributed by atoms with Crippen molar-refractivity contribution in [3.8, 4) is 5.82 Å². The molecular weight excluding hydrogens is 234 g/mol. The van der Waals surface area contributed by atoms with Crippen molar-refractivity contribution in [2.24, 2.45) is 0 Å². The molecule has 0 aliphatic carbocycles. The second-order valence-electron chi connectivity index (χ2n) is 4.11. The Morgan fingerprint density at radius 3 is 2.76 bits per heavy atom. The molecule has 0 aromatic carbocycles. The Morgan fingerprint density at radius 1 is 1.35 bits per heavy atom. The first-order chi connectivity index (χ1) is 8.22. The first-order valence-electron chi connectivity index (χ1n) is 5.81. The monoisotopic (exact) mass is 249 g/mol. The van der Waals surface area contributed by atoms with Gasteiger partial charge in [-0.25, -0.2) is 9.67 Å². The number of aromatic nitrogens is 3. The summed E-state index contributed by atoms with van der Waals surface area (Å²) in [6.45, 7) is 4.11. The van der Waals surface area contributed by atoms with Crippen LogP contribution >= 0.6 is 11.6 Å². The van der Waals surface area contributed by atoms with Crippen molar-refractivity contribution < 1.29 is 0 Å². The van der Waals surface area contributed by atoms with Crippen LogP contribution in [-0.4, -0.2) is 14.8 Å². The molecule has 2 aromatic heterocycles. The standard InChI is InChI=1S/C13H16ClN3/c1-3-4-12-7-11(9-14)8-13(15-12)17-6-5-10(2)16-17/h5-8H,3-4,9H2,1-2H3. The zero-order valence-electron chi connectivity index (χ0n) is 10.2. The fourth-order valence-corrected chi connectivity index (χ4v) is 1.91. The lowest BCUT2D eigenvalue weighted by atomic mass is 10.2. The Morgan fingerprint density at radius 2 is 2.18 bits per heavy atom. The Kier molecular flexibility index (Phi) is 3.79. The Labute approximate surface area is 106 Å². The number of alkyl halides is 1. The second kappa shape index (κ2) is 5.32. The van der Waals surface area contributed by atoms with Gasteiger partial charge in [-0.2, -0.15) is 5.10 Å². The third-order valence-electron chi connectivity index (χ3n) is 2.54. The fraction of sp³-hybridized carbons (Fsp3) is 0.385. The van der Waals surface area contributed by atoms with Crippen molar-refractivity contribution >= 4 is 11.6 Å². The highest BCUT2D eigenvalue weighted by Gasteiger charge is 2.05. The molecule has 0 radical (unpaired) electrons. The predicted octanol–water partition coefficient (Wildman–Crippen LogP) is 3.27. The van der Waals surface area contributed by atoms with Gasteiger partial charge in [0, 0.05) is 17.8 Å². The first kappa shape index (κ1) is 12.1. The second-order valence-corrected chi connectivity index (χ2v) is 4.38. The van der Waals surface area contributed by atoms with Crippen LogP contribution in [0.1, 0.15) is 30.3 Å². The SMILES string of the molecule is CCCc1cc(CCl)cc(-n2ccc(C)n2)n1. The molecule has 0 fully saturated rings. The number of hydrogen-bond donors (Lipinski definition) is 0. The van der Waals surface area contributed by atoms with Gasteiger partial charge in [0.05, 0.1) is 5.69 Å². The number of hydrogen-bond acceptors (Lipinski definition) is 2. The number of halogens is 1. The van der Waals surface area contributed by atoms with E-state index >= 15 is 0 Å². The van der Waals surface area contributed by atoms with Crippen LogP contribution in [0.15, 0.2) is 24.4 Å². The van der Waals surface area contributed by atoms with Crippen LogP contribution in [0.4, 0.5) is 0 Å². The molecule has 90 valence electrons. The summed E-state index contributed by atoms with van der Waals surface area (Å²) in [5.74, 6) is 1.35. The van der Waals surface area contributed by atoms with Gasteiger partial charge in [0.2, 0.25) is 0 Å². The van der Waals surface area contributed by atoms with Gasteiger partial charge in [-0.05, 0) is 37.1 Å². The maximum atomic E-state index is 5.91. The highest BCUT2D eigenvalue weighted by Crippen LogP contribution is 2.13. The summed E-state index contributed by atoms with van der Waals surface area (Å²) in [6.07, 6.45) is 3.97. The first-order valence-corrected chi connectivity index (χ1v) is 6.35. The number of nitrogens with zero attached hydrogens (tertiary/aromatic N) is 3. The fourth-order valence-electron chi connectivity index (χ4n) is 1.75. The summed E-state index contributed by atoms with van der Waals surface area (Å²) in [6, 6.07) is 6.02. The largest absolute Gasteiger partial charge is 0.234 e. The molecule has 0 unspecified atom stereocenters. The van der Waals surface area contributed by atoms with E-state index in [9.17, 15) is 0 Å². The van der Waals surface area contributed by atoms with E-state index in [1.54, 1.807) is 4.68 Å². The summed E-state index contributed by atoms with van der Waals surface area (Å²) in [7, 11) is 0. The highest BCUT2D eigenvalue weighted by molar-refractivity contribution is 6.17. The van der Waals surface area contributed by atoms with Crippen LogP contribution in [-0.2, 0) is 12.3 Å². The third-order valence-corrected chi connectivity index (χ3v) is 2.85. The number of pyridine rings is 1. The van der Waals surface area contributed by atoms with E-state index in [-0.39, 0.29) is 0 Å². The van der Waals surface area contributed by atoms with E-state index in [0.717, 1.165) is 35.6 Å². The summed E-state index contributed by atoms with van der Waals surface area (Å²) in [5.41, 5.74) is 3.15. The molecule has 0 saturated heterocycles. The molecule has 4 heteroatoms. The molecule has 0 aliphatic rings. The van der Waals surface area contributed by atoms with E-state index < -0.39 is 0 Å². The minimum atomic E-state index is 0.506. The van der Waals surface area contributed by atoms with Crippen LogP contribution in [0.5, 0.6) is 0 Å². The summed E-state index contributed by atoms with van der Waals surface area (Å²) in [4.78, 5) is 4.60. The van der Waals surface area contributed by atoms with Gasteiger partial charge in [-0.15, -0.1) is 11.6 Å². The quantitative estimate of drug-likeness (QED) is 0.779. The average molecular weight is 250 g/mol. The van der Waals surface area contributed by atoms with E-state index in [0.29, 0.717) is 5.88 Å². The Bertz CT molecular complexity index is 505. The number of rotatable bonds is 4. The highest BCUT2D eigenvalue weighted by atomic mass is 35.5. The maximum Gasteiger partial charge on any atom is 0.153 e. The Hall–Kier alpha value is -1.35. The molecule has 3 nitrogen and oxygen atoms in total. The minimum Gasteiger partial charge on any atom is -0.234 e. The lowest BCUT2D eigenvalue weighted by Crippen LogP contribution is -2.03. The lowest BCUT2D eigenvalue weighted by Gasteiger charge is -2.06. The lowest BCUT2D eigenvalue weighted by molar-refractivity contribution is 0.802. The molecular formula is C13H16ClN3.